The largest absolute Gasteiger partial charge is 0.323 e. The smallest absolute Gasteiger partial charge is 0.125 e. The second-order valence-corrected chi connectivity index (χ2v) is 6.58. The predicted molar refractivity (Wildman–Crippen MR) is 89.3 cm³/mol. The van der Waals surface area contributed by atoms with Crippen LogP contribution in [0.1, 0.15) is 38.1 Å². The van der Waals surface area contributed by atoms with Crippen LogP contribution in [0.3, 0.4) is 0 Å². The molecule has 0 bridgehead atoms. The van der Waals surface area contributed by atoms with E-state index in [2.05, 4.69) is 21.4 Å². The minimum atomic E-state index is 0.364. The highest BCUT2D eigenvalue weighted by Crippen LogP contribution is 2.26. The number of halogens is 2. The first-order valence-electron chi connectivity index (χ1n) is 7.63. The molecule has 1 fully saturated rings. The molecule has 114 valence electrons. The van der Waals surface area contributed by atoms with Gasteiger partial charge in [0.1, 0.15) is 5.82 Å². The van der Waals surface area contributed by atoms with Gasteiger partial charge in [-0.3, -0.25) is 0 Å². The van der Waals surface area contributed by atoms with E-state index < -0.39 is 0 Å². The van der Waals surface area contributed by atoms with Crippen LogP contribution in [-0.4, -0.2) is 34.1 Å². The van der Waals surface area contributed by atoms with Gasteiger partial charge in [-0.25, -0.2) is 4.98 Å². The Labute approximate surface area is 135 Å². The number of rotatable bonds is 4. The van der Waals surface area contributed by atoms with Gasteiger partial charge in [-0.1, -0.05) is 18.0 Å². The lowest BCUT2D eigenvalue weighted by Gasteiger charge is -2.30. The quantitative estimate of drug-likeness (QED) is 0.773. The zero-order chi connectivity index (χ0) is 14.8. The Morgan fingerprint density at radius 2 is 2.00 bits per heavy atom. The monoisotopic (exact) mass is 325 g/mol. The van der Waals surface area contributed by atoms with Crippen LogP contribution < -0.4 is 0 Å². The number of likely N-dealkylation sites (tertiary alicyclic amines) is 1. The van der Waals surface area contributed by atoms with E-state index in [9.17, 15) is 0 Å². The van der Waals surface area contributed by atoms with Crippen molar-refractivity contribution in [1.29, 1.82) is 0 Å². The van der Waals surface area contributed by atoms with Gasteiger partial charge >= 0.3 is 0 Å². The molecule has 2 aromatic rings. The molecule has 0 aliphatic carbocycles. The van der Waals surface area contributed by atoms with Crippen LogP contribution in [0.4, 0.5) is 0 Å². The molecular formula is C16H21Cl2N3. The van der Waals surface area contributed by atoms with Crippen LogP contribution in [0.2, 0.25) is 5.02 Å². The Kier molecular flexibility index (Phi) is 4.72. The molecule has 0 N–H and O–H groups in total. The third-order valence-electron chi connectivity index (χ3n) is 4.26. The summed E-state index contributed by atoms with van der Waals surface area (Å²) in [4.78, 5) is 7.18. The van der Waals surface area contributed by atoms with Crippen molar-refractivity contribution in [2.75, 3.05) is 19.6 Å². The maximum atomic E-state index is 6.10. The molecule has 3 rings (SSSR count). The van der Waals surface area contributed by atoms with Gasteiger partial charge in [0.25, 0.3) is 0 Å². The summed E-state index contributed by atoms with van der Waals surface area (Å²) < 4.78 is 2.27. The average Bonchev–Trinajstić information content (AvgIpc) is 2.85. The molecule has 0 amide bonds. The van der Waals surface area contributed by atoms with Gasteiger partial charge in [0.05, 0.1) is 16.9 Å². The number of hydrogen-bond acceptors (Lipinski definition) is 2. The third-order valence-corrected chi connectivity index (χ3v) is 4.73. The lowest BCUT2D eigenvalue weighted by atomic mass is 10.1. The van der Waals surface area contributed by atoms with Crippen LogP contribution in [0.25, 0.3) is 11.0 Å². The predicted octanol–water partition coefficient (Wildman–Crippen LogP) is 4.48. The first-order valence-corrected chi connectivity index (χ1v) is 8.55. The molecule has 2 heterocycles. The second kappa shape index (κ2) is 6.55. The highest BCUT2D eigenvalue weighted by Gasteiger charge is 2.19. The van der Waals surface area contributed by atoms with Gasteiger partial charge in [0, 0.05) is 17.6 Å². The highest BCUT2D eigenvalue weighted by molar-refractivity contribution is 6.31. The standard InChI is InChI=1S/C16H21Cl2N3/c1-12(11-20-7-3-2-4-8-20)21-15-6-5-13(18)9-14(15)19-16(21)10-17/h5-6,9,12H,2-4,7-8,10-11H2,1H3. The van der Waals surface area contributed by atoms with Crippen LogP contribution in [-0.2, 0) is 5.88 Å². The lowest BCUT2D eigenvalue weighted by Crippen LogP contribution is -2.34. The Morgan fingerprint density at radius 3 is 2.71 bits per heavy atom. The summed E-state index contributed by atoms with van der Waals surface area (Å²) in [5.74, 6) is 1.36. The van der Waals surface area contributed by atoms with Crippen molar-refractivity contribution >= 4 is 34.2 Å². The minimum absolute atomic E-state index is 0.364. The molecule has 1 saturated heterocycles. The summed E-state index contributed by atoms with van der Waals surface area (Å²) in [6.45, 7) is 5.72. The number of piperidine rings is 1. The van der Waals surface area contributed by atoms with Crippen molar-refractivity contribution in [2.45, 2.75) is 38.1 Å². The average molecular weight is 326 g/mol. The van der Waals surface area contributed by atoms with Crippen LogP contribution in [0.5, 0.6) is 0 Å². The Balaban J connectivity index is 1.90. The highest BCUT2D eigenvalue weighted by atomic mass is 35.5. The first kappa shape index (κ1) is 15.1. The van der Waals surface area contributed by atoms with E-state index in [1.807, 2.05) is 18.2 Å². The molecule has 1 atom stereocenters. The van der Waals surface area contributed by atoms with Crippen LogP contribution in [0.15, 0.2) is 18.2 Å². The van der Waals surface area contributed by atoms with Crippen molar-refractivity contribution in [3.05, 3.63) is 29.0 Å². The van der Waals surface area contributed by atoms with Gasteiger partial charge in [-0.2, -0.15) is 0 Å². The summed E-state index contributed by atoms with van der Waals surface area (Å²) in [5, 5.41) is 0.719. The summed E-state index contributed by atoms with van der Waals surface area (Å²) in [6, 6.07) is 6.25. The van der Waals surface area contributed by atoms with Crippen LogP contribution in [0, 0.1) is 0 Å². The molecule has 1 aliphatic rings. The molecule has 0 spiro atoms. The van der Waals surface area contributed by atoms with Crippen molar-refractivity contribution in [3.8, 4) is 0 Å². The molecule has 21 heavy (non-hydrogen) atoms. The SMILES string of the molecule is CC(CN1CCCCC1)n1c(CCl)nc2cc(Cl)ccc21. The van der Waals surface area contributed by atoms with E-state index in [1.54, 1.807) is 0 Å². The van der Waals surface area contributed by atoms with Gasteiger partial charge in [-0.05, 0) is 51.1 Å². The topological polar surface area (TPSA) is 21.1 Å². The normalized spacial score (nSPS) is 18.2. The number of hydrogen-bond donors (Lipinski definition) is 0. The number of imidazole rings is 1. The number of benzene rings is 1. The first-order chi connectivity index (χ1) is 10.2. The molecule has 0 saturated carbocycles. The van der Waals surface area contributed by atoms with E-state index >= 15 is 0 Å². The maximum absolute atomic E-state index is 6.10. The summed E-state index contributed by atoms with van der Waals surface area (Å²) in [7, 11) is 0. The van der Waals surface area contributed by atoms with Gasteiger partial charge in [0.15, 0.2) is 0 Å². The molecular weight excluding hydrogens is 305 g/mol. The third kappa shape index (κ3) is 3.20. The summed E-state index contributed by atoms with van der Waals surface area (Å²) in [5.41, 5.74) is 2.06. The van der Waals surface area contributed by atoms with Crippen molar-refractivity contribution in [2.24, 2.45) is 0 Å². The molecule has 5 heteroatoms. The van der Waals surface area contributed by atoms with E-state index in [0.29, 0.717) is 11.9 Å². The lowest BCUT2D eigenvalue weighted by molar-refractivity contribution is 0.202. The van der Waals surface area contributed by atoms with Crippen molar-refractivity contribution in [1.82, 2.24) is 14.5 Å². The van der Waals surface area contributed by atoms with Gasteiger partial charge in [0.2, 0.25) is 0 Å². The molecule has 1 aromatic heterocycles. The van der Waals surface area contributed by atoms with Gasteiger partial charge < -0.3 is 9.47 Å². The number of nitrogens with zero attached hydrogens (tertiary/aromatic N) is 3. The van der Waals surface area contributed by atoms with Crippen molar-refractivity contribution in [3.63, 3.8) is 0 Å². The zero-order valence-corrected chi connectivity index (χ0v) is 13.9. The van der Waals surface area contributed by atoms with Crippen LogP contribution >= 0.6 is 23.2 Å². The molecule has 1 aliphatic heterocycles. The zero-order valence-electron chi connectivity index (χ0n) is 12.4. The number of alkyl halides is 1. The maximum Gasteiger partial charge on any atom is 0.125 e. The molecule has 1 unspecified atom stereocenters. The van der Waals surface area contributed by atoms with E-state index in [0.717, 1.165) is 28.4 Å². The number of fused-ring (bicyclic) bond motifs is 1. The van der Waals surface area contributed by atoms with E-state index in [4.69, 9.17) is 23.2 Å². The van der Waals surface area contributed by atoms with Crippen molar-refractivity contribution < 1.29 is 0 Å². The summed E-state index contributed by atoms with van der Waals surface area (Å²) >= 11 is 12.2. The second-order valence-electron chi connectivity index (χ2n) is 5.87. The Hall–Kier alpha value is -0.770. The minimum Gasteiger partial charge on any atom is -0.323 e. The van der Waals surface area contributed by atoms with E-state index in [-0.39, 0.29) is 0 Å². The Morgan fingerprint density at radius 1 is 1.24 bits per heavy atom. The number of aromatic nitrogens is 2. The Bertz CT molecular complexity index is 617. The summed E-state index contributed by atoms with van der Waals surface area (Å²) in [6.07, 6.45) is 4.00. The van der Waals surface area contributed by atoms with Gasteiger partial charge in [-0.15, -0.1) is 11.6 Å². The fourth-order valence-electron chi connectivity index (χ4n) is 3.31. The fourth-order valence-corrected chi connectivity index (χ4v) is 3.66. The molecule has 3 nitrogen and oxygen atoms in total. The molecule has 0 radical (unpaired) electrons. The fraction of sp³-hybridized carbons (Fsp3) is 0.562. The van der Waals surface area contributed by atoms with E-state index in [1.165, 1.54) is 32.4 Å². The molecule has 1 aromatic carbocycles.